The Morgan fingerprint density at radius 1 is 1.35 bits per heavy atom. The van der Waals surface area contributed by atoms with Gasteiger partial charge in [-0.3, -0.25) is 4.79 Å². The van der Waals surface area contributed by atoms with Gasteiger partial charge in [0.05, 0.1) is 0 Å². The number of benzene rings is 1. The van der Waals surface area contributed by atoms with E-state index in [1.54, 1.807) is 24.3 Å². The number of amides is 1. The van der Waals surface area contributed by atoms with Crippen LogP contribution in [-0.4, -0.2) is 35.4 Å². The summed E-state index contributed by atoms with van der Waals surface area (Å²) in [5, 5.41) is 11.4. The summed E-state index contributed by atoms with van der Waals surface area (Å²) in [7, 11) is 0. The first-order chi connectivity index (χ1) is 9.60. The van der Waals surface area contributed by atoms with Crippen molar-refractivity contribution in [3.63, 3.8) is 0 Å². The molecule has 0 heterocycles. The van der Waals surface area contributed by atoms with Gasteiger partial charge in [0.15, 0.2) is 6.10 Å². The Hall–Kier alpha value is -1.53. The van der Waals surface area contributed by atoms with E-state index >= 15 is 0 Å². The number of carbonyl (C=O) groups excluding carboxylic acids is 1. The van der Waals surface area contributed by atoms with Crippen LogP contribution in [0.4, 0.5) is 0 Å². The summed E-state index contributed by atoms with van der Waals surface area (Å²) < 4.78 is 5.53. The van der Waals surface area contributed by atoms with Gasteiger partial charge in [0.2, 0.25) is 0 Å². The van der Waals surface area contributed by atoms with E-state index in [0.29, 0.717) is 12.2 Å². The van der Waals surface area contributed by atoms with E-state index in [1.165, 1.54) is 0 Å². The molecule has 20 heavy (non-hydrogen) atoms. The summed E-state index contributed by atoms with van der Waals surface area (Å²) in [4.78, 5) is 23.1. The lowest BCUT2D eigenvalue weighted by Gasteiger charge is -2.20. The van der Waals surface area contributed by atoms with Crippen LogP contribution in [0.1, 0.15) is 25.0 Å². The molecule has 110 valence electrons. The Kier molecular flexibility index (Phi) is 7.11. The van der Waals surface area contributed by atoms with Gasteiger partial charge in [0.1, 0.15) is 6.04 Å². The zero-order chi connectivity index (χ0) is 15.0. The minimum absolute atomic E-state index is 0.0242. The van der Waals surface area contributed by atoms with Gasteiger partial charge in [-0.15, -0.1) is 0 Å². The minimum Gasteiger partial charge on any atom is -0.480 e. The molecular formula is C14H19NO4S. The van der Waals surface area contributed by atoms with E-state index in [-0.39, 0.29) is 5.75 Å². The van der Waals surface area contributed by atoms with E-state index in [9.17, 15) is 9.59 Å². The second-order valence-corrected chi connectivity index (χ2v) is 4.61. The van der Waals surface area contributed by atoms with Gasteiger partial charge in [-0.05, 0) is 12.0 Å². The average Bonchev–Trinajstić information content (AvgIpc) is 2.46. The number of hydrogen-bond donors (Lipinski definition) is 3. The number of thiol groups is 1. The molecule has 0 bridgehead atoms. The maximum atomic E-state index is 12.2. The number of aliphatic carboxylic acids is 1. The Bertz CT molecular complexity index is 438. The SMILES string of the molecule is CCCOC(C(=O)N[C@@H](CS)C(=O)O)c1ccccc1. The maximum Gasteiger partial charge on any atom is 0.327 e. The summed E-state index contributed by atoms with van der Waals surface area (Å²) >= 11 is 3.92. The van der Waals surface area contributed by atoms with Crippen LogP contribution in [0.5, 0.6) is 0 Å². The number of carbonyl (C=O) groups is 2. The Balaban J connectivity index is 2.82. The molecule has 1 aromatic carbocycles. The predicted molar refractivity (Wildman–Crippen MR) is 78.8 cm³/mol. The molecule has 0 aliphatic rings. The molecule has 0 fully saturated rings. The smallest absolute Gasteiger partial charge is 0.327 e. The highest BCUT2D eigenvalue weighted by atomic mass is 32.1. The second kappa shape index (κ2) is 8.60. The maximum absolute atomic E-state index is 12.2. The number of carboxylic acids is 1. The molecule has 0 aliphatic carbocycles. The number of rotatable bonds is 8. The van der Waals surface area contributed by atoms with Crippen LogP contribution in [0.3, 0.4) is 0 Å². The van der Waals surface area contributed by atoms with E-state index in [2.05, 4.69) is 17.9 Å². The fraction of sp³-hybridized carbons (Fsp3) is 0.429. The van der Waals surface area contributed by atoms with Gasteiger partial charge in [0, 0.05) is 12.4 Å². The van der Waals surface area contributed by atoms with Gasteiger partial charge in [-0.1, -0.05) is 37.3 Å². The Morgan fingerprint density at radius 2 is 2.00 bits per heavy atom. The van der Waals surface area contributed by atoms with Gasteiger partial charge in [-0.2, -0.15) is 12.6 Å². The van der Waals surface area contributed by atoms with Crippen LogP contribution in [0.25, 0.3) is 0 Å². The standard InChI is InChI=1S/C14H19NO4S/c1-2-8-19-12(10-6-4-3-5-7-10)13(16)15-11(9-20)14(17)18/h3-7,11-12,20H,2,8-9H2,1H3,(H,15,16)(H,17,18)/t11-,12?/m0/s1. The van der Waals surface area contributed by atoms with E-state index in [0.717, 1.165) is 6.42 Å². The third-order valence-electron chi connectivity index (χ3n) is 2.63. The van der Waals surface area contributed by atoms with Crippen LogP contribution in [-0.2, 0) is 14.3 Å². The lowest BCUT2D eigenvalue weighted by atomic mass is 10.1. The number of hydrogen-bond acceptors (Lipinski definition) is 4. The minimum atomic E-state index is -1.12. The molecule has 0 spiro atoms. The lowest BCUT2D eigenvalue weighted by molar-refractivity contribution is -0.144. The van der Waals surface area contributed by atoms with Crippen molar-refractivity contribution in [2.24, 2.45) is 0 Å². The molecule has 0 aromatic heterocycles. The molecule has 1 rings (SSSR count). The summed E-state index contributed by atoms with van der Waals surface area (Å²) in [6.07, 6.45) is -0.0381. The van der Waals surface area contributed by atoms with Crippen molar-refractivity contribution >= 4 is 24.5 Å². The molecule has 6 heteroatoms. The van der Waals surface area contributed by atoms with Crippen molar-refractivity contribution in [2.45, 2.75) is 25.5 Å². The average molecular weight is 297 g/mol. The van der Waals surface area contributed by atoms with E-state index < -0.39 is 24.0 Å². The molecule has 1 unspecified atom stereocenters. The first-order valence-corrected chi connectivity index (χ1v) is 7.04. The Morgan fingerprint density at radius 3 is 2.50 bits per heavy atom. The van der Waals surface area contributed by atoms with Gasteiger partial charge in [0.25, 0.3) is 5.91 Å². The van der Waals surface area contributed by atoms with Crippen LogP contribution in [0, 0.1) is 0 Å². The first-order valence-electron chi connectivity index (χ1n) is 6.40. The molecule has 1 aromatic rings. The summed E-state index contributed by atoms with van der Waals surface area (Å²) in [6, 6.07) is 7.97. The highest BCUT2D eigenvalue weighted by molar-refractivity contribution is 7.80. The summed E-state index contributed by atoms with van der Waals surface area (Å²) in [5.74, 6) is -1.56. The molecule has 0 saturated carbocycles. The number of nitrogens with one attached hydrogen (secondary N) is 1. The van der Waals surface area contributed by atoms with Gasteiger partial charge in [-0.25, -0.2) is 4.79 Å². The van der Waals surface area contributed by atoms with E-state index in [4.69, 9.17) is 9.84 Å². The van der Waals surface area contributed by atoms with Crippen molar-refractivity contribution in [2.75, 3.05) is 12.4 Å². The quantitative estimate of drug-likeness (QED) is 0.638. The summed E-state index contributed by atoms with van der Waals surface area (Å²) in [6.45, 7) is 2.36. The molecule has 1 amide bonds. The largest absolute Gasteiger partial charge is 0.480 e. The molecule has 5 nitrogen and oxygen atoms in total. The third kappa shape index (κ3) is 4.86. The monoisotopic (exact) mass is 297 g/mol. The first kappa shape index (κ1) is 16.5. The molecular weight excluding hydrogens is 278 g/mol. The molecule has 0 radical (unpaired) electrons. The normalized spacial score (nSPS) is 13.5. The topological polar surface area (TPSA) is 75.6 Å². The third-order valence-corrected chi connectivity index (χ3v) is 2.99. The van der Waals surface area contributed by atoms with Crippen LogP contribution < -0.4 is 5.32 Å². The van der Waals surface area contributed by atoms with Crippen LogP contribution >= 0.6 is 12.6 Å². The molecule has 0 aliphatic heterocycles. The van der Waals surface area contributed by atoms with Crippen molar-refractivity contribution in [3.05, 3.63) is 35.9 Å². The summed E-state index contributed by atoms with van der Waals surface area (Å²) in [5.41, 5.74) is 0.696. The lowest BCUT2D eigenvalue weighted by Crippen LogP contribution is -2.44. The zero-order valence-electron chi connectivity index (χ0n) is 11.3. The van der Waals surface area contributed by atoms with Crippen molar-refractivity contribution in [1.82, 2.24) is 5.32 Å². The molecule has 2 atom stereocenters. The van der Waals surface area contributed by atoms with Crippen molar-refractivity contribution in [1.29, 1.82) is 0 Å². The predicted octanol–water partition coefficient (Wildman–Crippen LogP) is 1.65. The van der Waals surface area contributed by atoms with Gasteiger partial charge < -0.3 is 15.2 Å². The van der Waals surface area contributed by atoms with E-state index in [1.807, 2.05) is 13.0 Å². The fourth-order valence-corrected chi connectivity index (χ4v) is 1.87. The van der Waals surface area contributed by atoms with Crippen LogP contribution in [0.15, 0.2) is 30.3 Å². The fourth-order valence-electron chi connectivity index (χ4n) is 1.62. The highest BCUT2D eigenvalue weighted by Crippen LogP contribution is 2.18. The highest BCUT2D eigenvalue weighted by Gasteiger charge is 2.26. The zero-order valence-corrected chi connectivity index (χ0v) is 12.2. The van der Waals surface area contributed by atoms with Crippen molar-refractivity contribution < 1.29 is 19.4 Å². The second-order valence-electron chi connectivity index (χ2n) is 4.24. The number of ether oxygens (including phenoxy) is 1. The molecule has 0 saturated heterocycles. The van der Waals surface area contributed by atoms with Crippen LogP contribution in [0.2, 0.25) is 0 Å². The Labute approximate surface area is 123 Å². The number of carboxylic acid groups (broad SMARTS) is 1. The molecule has 2 N–H and O–H groups in total. The van der Waals surface area contributed by atoms with Gasteiger partial charge >= 0.3 is 5.97 Å². The van der Waals surface area contributed by atoms with Crippen molar-refractivity contribution in [3.8, 4) is 0 Å².